The van der Waals surface area contributed by atoms with Crippen molar-refractivity contribution >= 4 is 29.5 Å². The predicted molar refractivity (Wildman–Crippen MR) is 217 cm³/mol. The average Bonchev–Trinajstić information content (AvgIpc) is 3.20. The summed E-state index contributed by atoms with van der Waals surface area (Å²) in [6.45, 7) is 5.36. The van der Waals surface area contributed by atoms with Crippen LogP contribution in [-0.4, -0.2) is 99.0 Å². The van der Waals surface area contributed by atoms with E-state index in [4.69, 9.17) is 31.9 Å². The molecular weight excluding hydrogens is 743 g/mol. The second-order valence-electron chi connectivity index (χ2n) is 13.6. The first-order chi connectivity index (χ1) is 27.9. The first kappa shape index (κ1) is 44.3. The van der Waals surface area contributed by atoms with Crippen molar-refractivity contribution in [2.45, 2.75) is 57.8 Å². The van der Waals surface area contributed by atoms with Crippen LogP contribution >= 0.6 is 0 Å². The number of amides is 5. The van der Waals surface area contributed by atoms with Crippen molar-refractivity contribution in [2.75, 3.05) is 46.4 Å². The maximum Gasteiger partial charge on any atom is 0.252 e. The van der Waals surface area contributed by atoms with Gasteiger partial charge in [0.25, 0.3) is 5.91 Å². The number of nitrogens with two attached hydrogens (primary N) is 3. The largest absolute Gasteiger partial charge is 0.492 e. The van der Waals surface area contributed by atoms with Crippen LogP contribution in [0.1, 0.15) is 58.9 Å². The number of nitriles is 1. The highest BCUT2D eigenvalue weighted by molar-refractivity contribution is 6.00. The van der Waals surface area contributed by atoms with Crippen LogP contribution in [0, 0.1) is 30.1 Å². The number of hydrogen-bond donors (Lipinski definition) is 7. The Morgan fingerprint density at radius 3 is 2.22 bits per heavy atom. The lowest BCUT2D eigenvalue weighted by atomic mass is 9.93. The first-order valence-electron chi connectivity index (χ1n) is 18.9. The summed E-state index contributed by atoms with van der Waals surface area (Å²) in [4.78, 5) is 70.6. The van der Waals surface area contributed by atoms with Crippen molar-refractivity contribution in [2.24, 2.45) is 17.2 Å². The summed E-state index contributed by atoms with van der Waals surface area (Å²) in [6.07, 6.45) is 0.0542. The average molecular weight is 794 g/mol. The Morgan fingerprint density at radius 2 is 1.60 bits per heavy atom. The Balaban J connectivity index is 1.87. The third kappa shape index (κ3) is 11.1. The van der Waals surface area contributed by atoms with Crippen molar-refractivity contribution < 1.29 is 33.4 Å². The van der Waals surface area contributed by atoms with E-state index in [1.807, 2.05) is 6.07 Å². The van der Waals surface area contributed by atoms with Gasteiger partial charge in [-0.3, -0.25) is 24.0 Å². The molecule has 3 aromatic carbocycles. The van der Waals surface area contributed by atoms with Gasteiger partial charge in [-0.2, -0.15) is 5.26 Å². The number of rotatable bonds is 14. The minimum atomic E-state index is -1.37. The summed E-state index contributed by atoms with van der Waals surface area (Å²) in [6, 6.07) is 12.3. The fourth-order valence-corrected chi connectivity index (χ4v) is 6.51. The summed E-state index contributed by atoms with van der Waals surface area (Å²) in [5.74, 6) is 3.38. The number of aryl methyl sites for hydroxylation is 1. The Labute approximate surface area is 338 Å². The van der Waals surface area contributed by atoms with Gasteiger partial charge in [-0.1, -0.05) is 18.1 Å². The number of nitrogens with zero attached hydrogens (tertiary/aromatic N) is 2. The van der Waals surface area contributed by atoms with Crippen molar-refractivity contribution in [1.29, 1.82) is 5.26 Å². The van der Waals surface area contributed by atoms with Gasteiger partial charge in [-0.15, -0.1) is 5.92 Å². The lowest BCUT2D eigenvalue weighted by molar-refractivity contribution is -0.141. The second-order valence-corrected chi connectivity index (χ2v) is 13.6. The van der Waals surface area contributed by atoms with E-state index in [2.05, 4.69) is 33.1 Å². The summed E-state index contributed by atoms with van der Waals surface area (Å²) in [5, 5.41) is 19.8. The maximum absolute atomic E-state index is 14.5. The molecule has 0 saturated heterocycles. The normalized spacial score (nSPS) is 16.8. The van der Waals surface area contributed by atoms with Gasteiger partial charge in [0.05, 0.1) is 6.07 Å². The third-order valence-electron chi connectivity index (χ3n) is 9.35. The molecule has 3 aromatic rings. The molecule has 0 aromatic heterocycles. The van der Waals surface area contributed by atoms with E-state index >= 15 is 0 Å². The van der Waals surface area contributed by atoms with Crippen LogP contribution in [0.3, 0.4) is 0 Å². The number of nitrogens with one attached hydrogen (secondary N) is 4. The molecule has 0 spiro atoms. The standard InChI is InChI=1S/C42H51N9O7/c1-5-6-27-7-10-30(25(2)21-27)39(53)49-33(13-14-43)42(56)51(4)37-29-9-12-36(58-20-17-46)32(24-29)31-22-28(8-11-35(31)57-19-16-45)23-34(40(54)47-18-15-44)50-38(52)26(3)48-41(37)55/h7-12,21-22,24,26,33-34,37H,13-14,16-20,23,43,45-46H2,1-4H3,(H,47,54)(H,48,55)(H,49,53)(H,50,52)/t26-,33-,34-,37-/m0/s1. The summed E-state index contributed by atoms with van der Waals surface area (Å²) in [7, 11) is 1.42. The van der Waals surface area contributed by atoms with E-state index in [0.29, 0.717) is 44.9 Å². The zero-order valence-electron chi connectivity index (χ0n) is 33.1. The molecule has 10 N–H and O–H groups in total. The molecule has 4 bridgehead atoms. The third-order valence-corrected chi connectivity index (χ3v) is 9.35. The number of fused-ring (bicyclic) bond motifs is 5. The fourth-order valence-electron chi connectivity index (χ4n) is 6.51. The van der Waals surface area contributed by atoms with Crippen molar-refractivity contribution in [3.05, 3.63) is 82.4 Å². The summed E-state index contributed by atoms with van der Waals surface area (Å²) >= 11 is 0. The first-order valence-corrected chi connectivity index (χ1v) is 18.9. The lowest BCUT2D eigenvalue weighted by Gasteiger charge is -2.32. The molecule has 1 aliphatic rings. The van der Waals surface area contributed by atoms with E-state index < -0.39 is 53.7 Å². The van der Waals surface area contributed by atoms with Crippen LogP contribution in [0.25, 0.3) is 11.1 Å². The Kier molecular flexibility index (Phi) is 16.2. The highest BCUT2D eigenvalue weighted by atomic mass is 16.5. The molecule has 16 heteroatoms. The minimum absolute atomic E-state index is 0.0111. The van der Waals surface area contributed by atoms with Gasteiger partial charge in [0.2, 0.25) is 23.6 Å². The van der Waals surface area contributed by atoms with E-state index in [1.54, 1.807) is 68.4 Å². The van der Waals surface area contributed by atoms with Gasteiger partial charge < -0.3 is 52.8 Å². The van der Waals surface area contributed by atoms with Gasteiger partial charge in [0.1, 0.15) is 55.4 Å². The zero-order valence-corrected chi connectivity index (χ0v) is 33.1. The molecule has 16 nitrogen and oxygen atoms in total. The number of likely N-dealkylation sites (N-methyl/N-ethyl adjacent to an activating group) is 1. The topological polar surface area (TPSA) is 257 Å². The number of hydrogen-bond acceptors (Lipinski definition) is 11. The molecule has 0 fully saturated rings. The van der Waals surface area contributed by atoms with Crippen LogP contribution in [0.4, 0.5) is 0 Å². The van der Waals surface area contributed by atoms with E-state index in [-0.39, 0.29) is 52.2 Å². The quantitative estimate of drug-likeness (QED) is 0.0876. The highest BCUT2D eigenvalue weighted by Crippen LogP contribution is 2.40. The van der Waals surface area contributed by atoms with Crippen molar-refractivity contribution in [3.8, 4) is 40.5 Å². The Bertz CT molecular complexity index is 2110. The maximum atomic E-state index is 14.5. The molecule has 0 aliphatic carbocycles. The van der Waals surface area contributed by atoms with Gasteiger partial charge in [-0.25, -0.2) is 0 Å². The Hall–Kier alpha value is -6.46. The monoisotopic (exact) mass is 793 g/mol. The SMILES string of the molecule is CC#Cc1ccc(C(=O)N[C@@H](CCN)C(=O)N(C)[C@@H]2C(=O)N[C@@H](C)C(=O)N[C@H](C(=O)NCC#N)Cc3ccc(OCCN)c(c3)-c3cc2ccc3OCCN)c(C)c1. The number of benzene rings is 3. The molecule has 0 saturated carbocycles. The van der Waals surface area contributed by atoms with Crippen LogP contribution in [0.5, 0.6) is 11.5 Å². The Morgan fingerprint density at radius 1 is 0.931 bits per heavy atom. The van der Waals surface area contributed by atoms with Crippen LogP contribution < -0.4 is 47.9 Å². The molecule has 306 valence electrons. The second kappa shape index (κ2) is 21.2. The van der Waals surface area contributed by atoms with Gasteiger partial charge >= 0.3 is 0 Å². The zero-order chi connectivity index (χ0) is 42.4. The molecular formula is C42H51N9O7. The molecule has 0 unspecified atom stereocenters. The van der Waals surface area contributed by atoms with Gasteiger partial charge in [0.15, 0.2) is 0 Å². The van der Waals surface area contributed by atoms with Gasteiger partial charge in [0, 0.05) is 48.8 Å². The molecule has 4 atom stereocenters. The van der Waals surface area contributed by atoms with E-state index in [1.165, 1.54) is 18.9 Å². The number of carbonyl (C=O) groups excluding carboxylic acids is 5. The molecule has 1 aliphatic heterocycles. The fraction of sp³-hybridized carbons (Fsp3) is 0.381. The van der Waals surface area contributed by atoms with E-state index in [0.717, 1.165) is 5.56 Å². The van der Waals surface area contributed by atoms with Crippen LogP contribution in [0.15, 0.2) is 54.6 Å². The molecule has 4 rings (SSSR count). The molecule has 5 amide bonds. The predicted octanol–water partition coefficient (Wildman–Crippen LogP) is 0.541. The molecule has 0 radical (unpaired) electrons. The summed E-state index contributed by atoms with van der Waals surface area (Å²) < 4.78 is 12.1. The van der Waals surface area contributed by atoms with Crippen LogP contribution in [0.2, 0.25) is 0 Å². The van der Waals surface area contributed by atoms with Crippen molar-refractivity contribution in [1.82, 2.24) is 26.2 Å². The minimum Gasteiger partial charge on any atom is -0.492 e. The van der Waals surface area contributed by atoms with E-state index in [9.17, 15) is 24.0 Å². The number of carbonyl (C=O) groups is 5. The van der Waals surface area contributed by atoms with Crippen LogP contribution in [-0.2, 0) is 25.6 Å². The van der Waals surface area contributed by atoms with Gasteiger partial charge in [-0.05, 0) is 92.9 Å². The van der Waals surface area contributed by atoms with Crippen molar-refractivity contribution in [3.63, 3.8) is 0 Å². The number of ether oxygens (including phenoxy) is 2. The summed E-state index contributed by atoms with van der Waals surface area (Å²) in [5.41, 5.74) is 21.2. The molecule has 58 heavy (non-hydrogen) atoms. The highest BCUT2D eigenvalue weighted by Gasteiger charge is 2.36. The lowest BCUT2D eigenvalue weighted by Crippen LogP contribution is -2.56. The smallest absolute Gasteiger partial charge is 0.252 e. The molecule has 1 heterocycles.